The molecule has 0 spiro atoms. The summed E-state index contributed by atoms with van der Waals surface area (Å²) in [4.78, 5) is 29.2. The second kappa shape index (κ2) is 6.86. The summed E-state index contributed by atoms with van der Waals surface area (Å²) in [5.74, 6) is -0.415. The number of H-pyrrole nitrogens is 1. The summed E-state index contributed by atoms with van der Waals surface area (Å²) in [6.07, 6.45) is -0.0160. The molecule has 0 saturated heterocycles. The number of nitrogens with zero attached hydrogens (tertiary/aromatic N) is 2. The van der Waals surface area contributed by atoms with E-state index in [2.05, 4.69) is 10.1 Å². The van der Waals surface area contributed by atoms with Crippen LogP contribution < -0.4 is 5.56 Å². The molecule has 24 heavy (non-hydrogen) atoms. The fourth-order valence-electron chi connectivity index (χ4n) is 2.52. The van der Waals surface area contributed by atoms with Crippen molar-refractivity contribution < 1.29 is 9.53 Å². The van der Waals surface area contributed by atoms with Crippen LogP contribution in [0.15, 0.2) is 40.1 Å². The number of methoxy groups -OCH3 is 1. The topological polar surface area (TPSA) is 76.5 Å². The highest BCUT2D eigenvalue weighted by atomic mass is 16.5. The van der Waals surface area contributed by atoms with E-state index in [1.54, 1.807) is 6.92 Å². The van der Waals surface area contributed by atoms with Gasteiger partial charge in [0.15, 0.2) is 0 Å². The molecule has 0 unspecified atom stereocenters. The van der Waals surface area contributed by atoms with Crippen molar-refractivity contribution in [1.29, 1.82) is 0 Å². The maximum absolute atomic E-state index is 12.9. The van der Waals surface area contributed by atoms with Crippen LogP contribution in [0, 0.1) is 0 Å². The number of esters is 1. The molecule has 0 bridgehead atoms. The van der Waals surface area contributed by atoms with Crippen LogP contribution in [0.1, 0.15) is 39.0 Å². The van der Waals surface area contributed by atoms with Crippen LogP contribution in [0.3, 0.4) is 0 Å². The minimum atomic E-state index is -0.415. The van der Waals surface area contributed by atoms with Crippen LogP contribution >= 0.6 is 0 Å². The Balaban J connectivity index is 2.63. The molecule has 6 heteroatoms. The lowest BCUT2D eigenvalue weighted by atomic mass is 10.1. The van der Waals surface area contributed by atoms with Crippen molar-refractivity contribution in [2.75, 3.05) is 7.11 Å². The van der Waals surface area contributed by atoms with E-state index in [9.17, 15) is 9.59 Å². The Morgan fingerprint density at radius 3 is 2.42 bits per heavy atom. The number of para-hydroxylation sites is 1. The fraction of sp³-hybridized carbons (Fsp3) is 0.389. The van der Waals surface area contributed by atoms with Gasteiger partial charge in [0.1, 0.15) is 0 Å². The third kappa shape index (κ3) is 4.01. The van der Waals surface area contributed by atoms with Crippen LogP contribution in [0.2, 0.25) is 0 Å². The van der Waals surface area contributed by atoms with Crippen molar-refractivity contribution in [2.45, 2.75) is 39.7 Å². The van der Waals surface area contributed by atoms with Gasteiger partial charge >= 0.3 is 5.97 Å². The van der Waals surface area contributed by atoms with Gasteiger partial charge in [0.2, 0.25) is 0 Å². The van der Waals surface area contributed by atoms with Crippen LogP contribution in [0.5, 0.6) is 0 Å². The second-order valence-electron chi connectivity index (χ2n) is 6.56. The Bertz CT molecular complexity index is 808. The van der Waals surface area contributed by atoms with Gasteiger partial charge in [0.25, 0.3) is 5.56 Å². The standard InChI is InChI=1S/C18H23N3O3/c1-12(19-18(2,3)4)16-14(11-15(22)24-5)20-21(17(16)23)13-9-7-6-8-10-13/h6-10,20H,11H2,1-5H3. The highest BCUT2D eigenvalue weighted by Gasteiger charge is 2.21. The van der Waals surface area contributed by atoms with Crippen LogP contribution in [-0.2, 0) is 16.0 Å². The molecule has 0 atom stereocenters. The molecule has 0 radical (unpaired) electrons. The Morgan fingerprint density at radius 1 is 1.25 bits per heavy atom. The molecule has 6 nitrogen and oxygen atoms in total. The molecule has 1 aromatic heterocycles. The third-order valence-electron chi connectivity index (χ3n) is 3.39. The number of rotatable bonds is 4. The number of aromatic nitrogens is 2. The minimum Gasteiger partial charge on any atom is -0.469 e. The molecule has 0 amide bonds. The molecule has 1 heterocycles. The van der Waals surface area contributed by atoms with E-state index in [-0.39, 0.29) is 17.5 Å². The highest BCUT2D eigenvalue weighted by molar-refractivity contribution is 6.00. The summed E-state index contributed by atoms with van der Waals surface area (Å²) >= 11 is 0. The Hall–Kier alpha value is -2.63. The van der Waals surface area contributed by atoms with Crippen molar-refractivity contribution in [3.05, 3.63) is 51.9 Å². The summed E-state index contributed by atoms with van der Waals surface area (Å²) in [5.41, 5.74) is 1.65. The molecule has 0 fully saturated rings. The number of ether oxygens (including phenoxy) is 1. The lowest BCUT2D eigenvalue weighted by molar-refractivity contribution is -0.139. The van der Waals surface area contributed by atoms with Crippen molar-refractivity contribution in [1.82, 2.24) is 9.78 Å². The van der Waals surface area contributed by atoms with Gasteiger partial charge in [-0.15, -0.1) is 0 Å². The molecule has 0 aliphatic rings. The van der Waals surface area contributed by atoms with E-state index in [1.165, 1.54) is 11.8 Å². The highest BCUT2D eigenvalue weighted by Crippen LogP contribution is 2.14. The second-order valence-corrected chi connectivity index (χ2v) is 6.56. The van der Waals surface area contributed by atoms with Gasteiger partial charge in [-0.25, -0.2) is 4.68 Å². The predicted octanol–water partition coefficient (Wildman–Crippen LogP) is 2.49. The van der Waals surface area contributed by atoms with E-state index >= 15 is 0 Å². The van der Waals surface area contributed by atoms with Gasteiger partial charge in [-0.05, 0) is 39.8 Å². The summed E-state index contributed by atoms with van der Waals surface area (Å²) in [5, 5.41) is 3.02. The van der Waals surface area contributed by atoms with E-state index in [4.69, 9.17) is 4.74 Å². The zero-order chi connectivity index (χ0) is 17.9. The maximum atomic E-state index is 12.9. The lowest BCUT2D eigenvalue weighted by Crippen LogP contribution is -2.22. The molecule has 0 aliphatic heterocycles. The lowest BCUT2D eigenvalue weighted by Gasteiger charge is -2.13. The van der Waals surface area contributed by atoms with Crippen LogP contribution in [0.4, 0.5) is 0 Å². The van der Waals surface area contributed by atoms with Gasteiger partial charge in [-0.2, -0.15) is 0 Å². The molecule has 0 aliphatic carbocycles. The summed E-state index contributed by atoms with van der Waals surface area (Å²) in [6.45, 7) is 7.66. The molecule has 2 aromatic rings. The van der Waals surface area contributed by atoms with Gasteiger partial charge in [0, 0.05) is 5.71 Å². The van der Waals surface area contributed by atoms with E-state index in [0.717, 1.165) is 0 Å². The third-order valence-corrected chi connectivity index (χ3v) is 3.39. The first-order valence-electron chi connectivity index (χ1n) is 7.76. The average molecular weight is 329 g/mol. The number of hydrogen-bond donors (Lipinski definition) is 1. The fourth-order valence-corrected chi connectivity index (χ4v) is 2.52. The van der Waals surface area contributed by atoms with Crippen molar-refractivity contribution in [3.8, 4) is 5.69 Å². The van der Waals surface area contributed by atoms with Crippen molar-refractivity contribution in [2.24, 2.45) is 4.99 Å². The monoisotopic (exact) mass is 329 g/mol. The Morgan fingerprint density at radius 2 is 1.88 bits per heavy atom. The number of aromatic amines is 1. The van der Waals surface area contributed by atoms with Crippen molar-refractivity contribution in [3.63, 3.8) is 0 Å². The molecule has 1 N–H and O–H groups in total. The van der Waals surface area contributed by atoms with Crippen LogP contribution in [0.25, 0.3) is 5.69 Å². The minimum absolute atomic E-state index is 0.0160. The molecule has 1 aromatic carbocycles. The zero-order valence-corrected chi connectivity index (χ0v) is 14.7. The number of benzene rings is 1. The van der Waals surface area contributed by atoms with Gasteiger partial charge in [0.05, 0.1) is 36.0 Å². The smallest absolute Gasteiger partial charge is 0.311 e. The number of aliphatic imine (C=N–C) groups is 1. The number of carbonyl (C=O) groups excluding carboxylic acids is 1. The first-order valence-corrected chi connectivity index (χ1v) is 7.76. The molecule has 128 valence electrons. The largest absolute Gasteiger partial charge is 0.469 e. The van der Waals surface area contributed by atoms with E-state index in [1.807, 2.05) is 51.1 Å². The SMILES string of the molecule is COC(=O)Cc1[nH]n(-c2ccccc2)c(=O)c1C(C)=NC(C)(C)C. The quantitative estimate of drug-likeness (QED) is 0.691. The average Bonchev–Trinajstić information content (AvgIpc) is 2.82. The molecular formula is C18H23N3O3. The first-order chi connectivity index (χ1) is 11.2. The first kappa shape index (κ1) is 17.7. The van der Waals surface area contributed by atoms with Gasteiger partial charge in [-0.1, -0.05) is 18.2 Å². The summed E-state index contributed by atoms with van der Waals surface area (Å²) in [6, 6.07) is 9.20. The van der Waals surface area contributed by atoms with Crippen LogP contribution in [-0.4, -0.2) is 34.1 Å². The zero-order valence-electron chi connectivity index (χ0n) is 14.7. The Labute approximate surface area is 141 Å². The molecule has 2 rings (SSSR count). The summed E-state index contributed by atoms with van der Waals surface area (Å²) in [7, 11) is 1.32. The number of nitrogens with one attached hydrogen (secondary N) is 1. The van der Waals surface area contributed by atoms with Gasteiger partial charge in [-0.3, -0.25) is 19.7 Å². The normalized spacial score (nSPS) is 12.3. The number of carbonyl (C=O) groups is 1. The van der Waals surface area contributed by atoms with Crippen molar-refractivity contribution >= 4 is 11.7 Å². The summed E-state index contributed by atoms with van der Waals surface area (Å²) < 4.78 is 6.16. The predicted molar refractivity (Wildman–Crippen MR) is 94.1 cm³/mol. The van der Waals surface area contributed by atoms with Gasteiger partial charge < -0.3 is 4.74 Å². The van der Waals surface area contributed by atoms with E-state index in [0.29, 0.717) is 22.7 Å². The number of hydrogen-bond acceptors (Lipinski definition) is 4. The molecular weight excluding hydrogens is 306 g/mol. The van der Waals surface area contributed by atoms with E-state index < -0.39 is 5.97 Å². The maximum Gasteiger partial charge on any atom is 0.311 e. The Kier molecular flexibility index (Phi) is 5.07. The molecule has 0 saturated carbocycles.